The second kappa shape index (κ2) is 6.17. The van der Waals surface area contributed by atoms with Gasteiger partial charge in [-0.2, -0.15) is 10.2 Å². The summed E-state index contributed by atoms with van der Waals surface area (Å²) in [6, 6.07) is 6.00. The SMILES string of the molecule is c1cnc(-n2cncn2)c(CNCC2CNc3ccnn3C2)c1. The lowest BCUT2D eigenvalue weighted by atomic mass is 10.1. The van der Waals surface area contributed by atoms with Gasteiger partial charge in [-0.15, -0.1) is 0 Å². The summed E-state index contributed by atoms with van der Waals surface area (Å²) < 4.78 is 3.70. The van der Waals surface area contributed by atoms with Gasteiger partial charge in [0.2, 0.25) is 0 Å². The van der Waals surface area contributed by atoms with E-state index in [0.717, 1.165) is 43.4 Å². The van der Waals surface area contributed by atoms with Crippen molar-refractivity contribution >= 4 is 5.82 Å². The molecule has 3 aromatic heterocycles. The molecule has 118 valence electrons. The van der Waals surface area contributed by atoms with Crippen LogP contribution in [0.4, 0.5) is 5.82 Å². The number of hydrogen-bond acceptors (Lipinski definition) is 6. The number of nitrogens with one attached hydrogen (secondary N) is 2. The second-order valence-corrected chi connectivity index (χ2v) is 5.60. The van der Waals surface area contributed by atoms with Gasteiger partial charge >= 0.3 is 0 Å². The van der Waals surface area contributed by atoms with E-state index in [1.807, 2.05) is 23.0 Å². The molecule has 1 aliphatic heterocycles. The Morgan fingerprint density at radius 3 is 3.17 bits per heavy atom. The second-order valence-electron chi connectivity index (χ2n) is 5.60. The molecule has 8 heteroatoms. The monoisotopic (exact) mass is 310 g/mol. The van der Waals surface area contributed by atoms with Gasteiger partial charge in [-0.05, 0) is 6.07 Å². The molecule has 0 amide bonds. The number of hydrogen-bond donors (Lipinski definition) is 2. The van der Waals surface area contributed by atoms with Crippen molar-refractivity contribution in [1.29, 1.82) is 0 Å². The number of fused-ring (bicyclic) bond motifs is 1. The zero-order valence-electron chi connectivity index (χ0n) is 12.6. The Balaban J connectivity index is 1.37. The summed E-state index contributed by atoms with van der Waals surface area (Å²) in [5.41, 5.74) is 1.10. The van der Waals surface area contributed by atoms with Gasteiger partial charge in [-0.25, -0.2) is 19.3 Å². The van der Waals surface area contributed by atoms with Gasteiger partial charge in [0.15, 0.2) is 5.82 Å². The first-order valence-corrected chi connectivity index (χ1v) is 7.65. The standard InChI is InChI=1S/C15H18N8/c1-2-13(15(18-4-1)23-11-17-10-21-23)8-16-6-12-7-19-14-3-5-20-22(14)9-12/h1-5,10-12,16,19H,6-9H2. The average molecular weight is 310 g/mol. The maximum absolute atomic E-state index is 4.40. The first kappa shape index (κ1) is 13.9. The highest BCUT2D eigenvalue weighted by Gasteiger charge is 2.17. The molecule has 1 atom stereocenters. The summed E-state index contributed by atoms with van der Waals surface area (Å²) in [6.45, 7) is 3.55. The number of pyridine rings is 1. The van der Waals surface area contributed by atoms with Crippen molar-refractivity contribution in [2.24, 2.45) is 5.92 Å². The Morgan fingerprint density at radius 2 is 2.26 bits per heavy atom. The highest BCUT2D eigenvalue weighted by atomic mass is 15.3. The van der Waals surface area contributed by atoms with Gasteiger partial charge in [0, 0.05) is 49.9 Å². The number of rotatable bonds is 5. The topological polar surface area (TPSA) is 85.5 Å². The van der Waals surface area contributed by atoms with Crippen LogP contribution in [0.15, 0.2) is 43.2 Å². The molecular weight excluding hydrogens is 292 g/mol. The van der Waals surface area contributed by atoms with E-state index in [2.05, 4.69) is 36.9 Å². The molecule has 23 heavy (non-hydrogen) atoms. The zero-order chi connectivity index (χ0) is 15.5. The number of anilines is 1. The molecule has 0 saturated heterocycles. The molecule has 1 unspecified atom stereocenters. The minimum absolute atomic E-state index is 0.508. The van der Waals surface area contributed by atoms with E-state index in [9.17, 15) is 0 Å². The highest BCUT2D eigenvalue weighted by molar-refractivity contribution is 5.35. The lowest BCUT2D eigenvalue weighted by molar-refractivity contribution is 0.391. The summed E-state index contributed by atoms with van der Waals surface area (Å²) >= 11 is 0. The van der Waals surface area contributed by atoms with Gasteiger partial charge in [0.05, 0.1) is 6.20 Å². The Bertz CT molecular complexity index is 763. The first-order chi connectivity index (χ1) is 11.4. The minimum atomic E-state index is 0.508. The van der Waals surface area contributed by atoms with Crippen LogP contribution in [-0.4, -0.2) is 42.6 Å². The van der Waals surface area contributed by atoms with E-state index in [0.29, 0.717) is 5.92 Å². The normalized spacial score (nSPS) is 16.8. The molecule has 0 spiro atoms. The molecule has 1 aliphatic rings. The van der Waals surface area contributed by atoms with Gasteiger partial charge < -0.3 is 10.6 Å². The molecule has 4 rings (SSSR count). The molecule has 4 heterocycles. The maximum atomic E-state index is 4.40. The van der Waals surface area contributed by atoms with E-state index in [1.165, 1.54) is 6.33 Å². The Kier molecular flexibility index (Phi) is 3.73. The smallest absolute Gasteiger partial charge is 0.159 e. The van der Waals surface area contributed by atoms with Crippen molar-refractivity contribution in [3.8, 4) is 5.82 Å². The van der Waals surface area contributed by atoms with Crippen molar-refractivity contribution in [3.05, 3.63) is 48.8 Å². The van der Waals surface area contributed by atoms with Crippen LogP contribution in [0, 0.1) is 5.92 Å². The molecule has 2 N–H and O–H groups in total. The minimum Gasteiger partial charge on any atom is -0.370 e. The summed E-state index contributed by atoms with van der Waals surface area (Å²) in [5, 5.41) is 15.4. The van der Waals surface area contributed by atoms with Crippen molar-refractivity contribution < 1.29 is 0 Å². The third-order valence-electron chi connectivity index (χ3n) is 3.97. The number of nitrogens with zero attached hydrogens (tertiary/aromatic N) is 6. The largest absolute Gasteiger partial charge is 0.370 e. The third kappa shape index (κ3) is 2.93. The van der Waals surface area contributed by atoms with Gasteiger partial charge in [-0.3, -0.25) is 0 Å². The van der Waals surface area contributed by atoms with Gasteiger partial charge in [0.25, 0.3) is 0 Å². The van der Waals surface area contributed by atoms with Crippen LogP contribution in [0.25, 0.3) is 5.82 Å². The molecule has 3 aromatic rings. The zero-order valence-corrected chi connectivity index (χ0v) is 12.6. The van der Waals surface area contributed by atoms with Crippen LogP contribution in [-0.2, 0) is 13.1 Å². The Hall–Kier alpha value is -2.74. The fourth-order valence-corrected chi connectivity index (χ4v) is 2.83. The lowest BCUT2D eigenvalue weighted by Gasteiger charge is -2.25. The molecule has 0 fully saturated rings. The predicted molar refractivity (Wildman–Crippen MR) is 85.1 cm³/mol. The summed E-state index contributed by atoms with van der Waals surface area (Å²) in [4.78, 5) is 8.39. The van der Waals surface area contributed by atoms with E-state index in [4.69, 9.17) is 0 Å². The number of aromatic nitrogens is 6. The van der Waals surface area contributed by atoms with Crippen LogP contribution < -0.4 is 10.6 Å². The fourth-order valence-electron chi connectivity index (χ4n) is 2.83. The van der Waals surface area contributed by atoms with E-state index < -0.39 is 0 Å². The average Bonchev–Trinajstić information content (AvgIpc) is 3.26. The summed E-state index contributed by atoms with van der Waals surface area (Å²) in [6.07, 6.45) is 6.78. The molecule has 0 aromatic carbocycles. The molecular formula is C15H18N8. The van der Waals surface area contributed by atoms with Crippen LogP contribution in [0.1, 0.15) is 5.56 Å². The third-order valence-corrected chi connectivity index (χ3v) is 3.97. The predicted octanol–water partition coefficient (Wildman–Crippen LogP) is 0.690. The molecule has 8 nitrogen and oxygen atoms in total. The van der Waals surface area contributed by atoms with Crippen molar-refractivity contribution in [2.45, 2.75) is 13.1 Å². The quantitative estimate of drug-likeness (QED) is 0.721. The fraction of sp³-hybridized carbons (Fsp3) is 0.333. The van der Waals surface area contributed by atoms with E-state index in [-0.39, 0.29) is 0 Å². The van der Waals surface area contributed by atoms with Crippen LogP contribution in [0.3, 0.4) is 0 Å². The summed E-state index contributed by atoms with van der Waals surface area (Å²) in [5.74, 6) is 2.42. The Morgan fingerprint density at radius 1 is 1.26 bits per heavy atom. The van der Waals surface area contributed by atoms with Crippen LogP contribution in [0.2, 0.25) is 0 Å². The molecule has 0 radical (unpaired) electrons. The van der Waals surface area contributed by atoms with Crippen LogP contribution in [0.5, 0.6) is 0 Å². The van der Waals surface area contributed by atoms with Crippen molar-refractivity contribution in [3.63, 3.8) is 0 Å². The maximum Gasteiger partial charge on any atom is 0.159 e. The molecule has 0 saturated carbocycles. The van der Waals surface area contributed by atoms with Gasteiger partial charge in [0.1, 0.15) is 18.5 Å². The summed E-state index contributed by atoms with van der Waals surface area (Å²) in [7, 11) is 0. The van der Waals surface area contributed by atoms with E-state index in [1.54, 1.807) is 17.2 Å². The van der Waals surface area contributed by atoms with Crippen LogP contribution >= 0.6 is 0 Å². The first-order valence-electron chi connectivity index (χ1n) is 7.65. The lowest BCUT2D eigenvalue weighted by Crippen LogP contribution is -2.35. The van der Waals surface area contributed by atoms with E-state index >= 15 is 0 Å². The molecule has 0 aliphatic carbocycles. The Labute approximate surface area is 133 Å². The highest BCUT2D eigenvalue weighted by Crippen LogP contribution is 2.16. The molecule has 0 bridgehead atoms. The van der Waals surface area contributed by atoms with Crippen molar-refractivity contribution in [2.75, 3.05) is 18.4 Å². The van der Waals surface area contributed by atoms with Crippen molar-refractivity contribution in [1.82, 2.24) is 34.8 Å². The van der Waals surface area contributed by atoms with Gasteiger partial charge in [-0.1, -0.05) is 6.07 Å².